The van der Waals surface area contributed by atoms with Gasteiger partial charge in [-0.05, 0) is 55.5 Å². The van der Waals surface area contributed by atoms with Crippen LogP contribution < -0.4 is 14.8 Å². The highest BCUT2D eigenvalue weighted by Gasteiger charge is 2.25. The van der Waals surface area contributed by atoms with E-state index in [9.17, 15) is 8.60 Å². The number of halogens is 1. The van der Waals surface area contributed by atoms with E-state index in [1.165, 1.54) is 24.7 Å². The lowest BCUT2D eigenvalue weighted by atomic mass is 10.1. The molecule has 1 saturated carbocycles. The van der Waals surface area contributed by atoms with Gasteiger partial charge in [0.25, 0.3) is 0 Å². The van der Waals surface area contributed by atoms with Crippen molar-refractivity contribution in [1.82, 2.24) is 9.97 Å². The maximum atomic E-state index is 13.7. The number of aryl methyl sites for hydroxylation is 1. The Hall–Kier alpha value is -2.87. The van der Waals surface area contributed by atoms with Crippen molar-refractivity contribution in [3.8, 4) is 5.75 Å². The Morgan fingerprint density at radius 1 is 1.25 bits per heavy atom. The molecule has 1 aromatic heterocycles. The van der Waals surface area contributed by atoms with E-state index < -0.39 is 9.71 Å². The molecule has 28 heavy (non-hydrogen) atoms. The molecule has 8 heteroatoms. The van der Waals surface area contributed by atoms with Crippen LogP contribution in [0.3, 0.4) is 0 Å². The van der Waals surface area contributed by atoms with Gasteiger partial charge in [0.15, 0.2) is 0 Å². The fourth-order valence-corrected chi connectivity index (χ4v) is 3.60. The lowest BCUT2D eigenvalue weighted by Crippen LogP contribution is -2.09. The number of benzene rings is 2. The number of hydrogen-bond donors (Lipinski definition) is 2. The van der Waals surface area contributed by atoms with Gasteiger partial charge in [0.1, 0.15) is 23.7 Å². The third kappa shape index (κ3) is 4.17. The van der Waals surface area contributed by atoms with Crippen molar-refractivity contribution in [3.63, 3.8) is 0 Å². The summed E-state index contributed by atoms with van der Waals surface area (Å²) in [5, 5.41) is 4.07. The van der Waals surface area contributed by atoms with Crippen LogP contribution >= 0.6 is 0 Å². The van der Waals surface area contributed by atoms with Crippen molar-refractivity contribution in [2.45, 2.75) is 25.9 Å². The second-order valence-corrected chi connectivity index (χ2v) is 9.31. The van der Waals surface area contributed by atoms with Crippen molar-refractivity contribution in [2.75, 3.05) is 16.3 Å². The Labute approximate surface area is 163 Å². The first kappa shape index (κ1) is 18.5. The van der Waals surface area contributed by atoms with Crippen molar-refractivity contribution < 1.29 is 13.3 Å². The van der Waals surface area contributed by atoms with Crippen LogP contribution in [-0.2, 0) is 9.71 Å². The zero-order valence-electron chi connectivity index (χ0n) is 15.7. The van der Waals surface area contributed by atoms with Gasteiger partial charge < -0.3 is 14.8 Å². The lowest BCUT2D eigenvalue weighted by Gasteiger charge is -2.16. The highest BCUT2D eigenvalue weighted by molar-refractivity contribution is 8.00. The van der Waals surface area contributed by atoms with E-state index in [0.29, 0.717) is 28.5 Å². The molecule has 1 heterocycles. The van der Waals surface area contributed by atoms with Gasteiger partial charge >= 0.3 is 0 Å². The number of fused-ring (bicyclic) bond motifs is 1. The Morgan fingerprint density at radius 2 is 2.04 bits per heavy atom. The molecule has 0 amide bonds. The number of nitrogens with zero attached hydrogens (tertiary/aromatic N) is 2. The number of hydrogen-bond acceptors (Lipinski definition) is 5. The minimum atomic E-state index is -2.40. The smallest absolute Gasteiger partial charge is 0.146 e. The Balaban J connectivity index is 1.73. The fraction of sp³-hybridized carbons (Fsp3) is 0.250. The molecule has 0 saturated heterocycles. The summed E-state index contributed by atoms with van der Waals surface area (Å²) in [4.78, 5) is 8.70. The average molecular weight is 400 g/mol. The molecule has 2 N–H and O–H groups in total. The summed E-state index contributed by atoms with van der Waals surface area (Å²) in [6, 6.07) is 8.08. The summed E-state index contributed by atoms with van der Waals surface area (Å²) in [6.45, 7) is 1.93. The van der Waals surface area contributed by atoms with Gasteiger partial charge in [0.2, 0.25) is 0 Å². The quantitative estimate of drug-likeness (QED) is 0.611. The number of rotatable bonds is 6. The van der Waals surface area contributed by atoms with E-state index in [0.717, 1.165) is 23.8 Å². The molecular formula is C20H21FN4O2S. The molecule has 1 fully saturated rings. The summed E-state index contributed by atoms with van der Waals surface area (Å²) in [6.07, 6.45) is 5.09. The topological polar surface area (TPSA) is 76.1 Å². The maximum absolute atomic E-state index is 13.7. The highest BCUT2D eigenvalue weighted by atomic mass is 32.2. The van der Waals surface area contributed by atoms with Gasteiger partial charge in [-0.25, -0.2) is 18.6 Å². The number of nitrogens with one attached hydrogen (secondary N) is 2. The normalized spacial score (nSPS) is 15.8. The van der Waals surface area contributed by atoms with Gasteiger partial charge in [0, 0.05) is 33.1 Å². The van der Waals surface area contributed by atoms with E-state index in [2.05, 4.69) is 25.9 Å². The second kappa shape index (κ2) is 6.94. The van der Waals surface area contributed by atoms with Crippen LogP contribution in [0.1, 0.15) is 18.4 Å². The first-order valence-corrected chi connectivity index (χ1v) is 11.0. The minimum absolute atomic E-state index is 0.145. The van der Waals surface area contributed by atoms with E-state index in [-0.39, 0.29) is 11.9 Å². The van der Waals surface area contributed by atoms with Gasteiger partial charge in [0.05, 0.1) is 17.3 Å². The first-order chi connectivity index (χ1) is 13.3. The maximum Gasteiger partial charge on any atom is 0.146 e. The lowest BCUT2D eigenvalue weighted by molar-refractivity contribution is 0.303. The number of anilines is 3. The van der Waals surface area contributed by atoms with Crippen molar-refractivity contribution in [2.24, 2.45) is 0 Å². The van der Waals surface area contributed by atoms with Gasteiger partial charge in [-0.1, -0.05) is 0 Å². The highest BCUT2D eigenvalue weighted by Crippen LogP contribution is 2.36. The van der Waals surface area contributed by atoms with E-state index in [1.807, 2.05) is 13.0 Å². The molecule has 1 unspecified atom stereocenters. The molecule has 1 atom stereocenters. The van der Waals surface area contributed by atoms with Crippen LogP contribution in [0, 0.1) is 12.7 Å². The summed E-state index contributed by atoms with van der Waals surface area (Å²) in [5.74, 6) is 4.33. The second-order valence-electron chi connectivity index (χ2n) is 7.10. The molecule has 0 radical (unpaired) electrons. The average Bonchev–Trinajstić information content (AvgIpc) is 3.39. The van der Waals surface area contributed by atoms with E-state index in [4.69, 9.17) is 4.74 Å². The third-order valence-electron chi connectivity index (χ3n) is 4.28. The molecule has 1 aliphatic carbocycles. The van der Waals surface area contributed by atoms with Gasteiger partial charge in [-0.3, -0.25) is 0 Å². The number of ether oxygens (including phenoxy) is 1. The molecule has 0 aliphatic heterocycles. The molecule has 0 bridgehead atoms. The molecule has 6 nitrogen and oxygen atoms in total. The standard InChI is InChI=1S/C20H21FN4O2S/c1-12-8-14(25-28(2,3)26)10-17-19(12)20(23-11-22-17)24-16-7-4-13(21)9-18(16)27-15-5-6-15/h4,7-11,15H,2,5-6H2,1,3H3,(H,25,26)(H,22,23,24). The van der Waals surface area contributed by atoms with Crippen molar-refractivity contribution >= 4 is 43.7 Å². The van der Waals surface area contributed by atoms with E-state index >= 15 is 0 Å². The van der Waals surface area contributed by atoms with Gasteiger partial charge in [-0.15, -0.1) is 0 Å². The predicted octanol–water partition coefficient (Wildman–Crippen LogP) is 4.04. The summed E-state index contributed by atoms with van der Waals surface area (Å²) in [5.41, 5.74) is 2.91. The zero-order chi connectivity index (χ0) is 19.9. The molecule has 3 aromatic rings. The summed E-state index contributed by atoms with van der Waals surface area (Å²) < 4.78 is 34.4. The molecule has 146 valence electrons. The van der Waals surface area contributed by atoms with Crippen LogP contribution in [0.25, 0.3) is 10.9 Å². The Bertz CT molecular complexity index is 1160. The molecule has 4 rings (SSSR count). The number of aromatic nitrogens is 2. The monoisotopic (exact) mass is 400 g/mol. The van der Waals surface area contributed by atoms with Crippen LogP contribution in [0.2, 0.25) is 0 Å². The molecule has 1 aliphatic rings. The summed E-state index contributed by atoms with van der Waals surface area (Å²) in [7, 11) is -2.40. The van der Waals surface area contributed by atoms with Crippen LogP contribution in [-0.4, -0.2) is 32.4 Å². The predicted molar refractivity (Wildman–Crippen MR) is 112 cm³/mol. The summed E-state index contributed by atoms with van der Waals surface area (Å²) >= 11 is 0. The van der Waals surface area contributed by atoms with Gasteiger partial charge in [-0.2, -0.15) is 0 Å². The van der Waals surface area contributed by atoms with Crippen molar-refractivity contribution in [3.05, 3.63) is 48.0 Å². The Morgan fingerprint density at radius 3 is 2.75 bits per heavy atom. The third-order valence-corrected chi connectivity index (χ3v) is 4.95. The van der Waals surface area contributed by atoms with Crippen LogP contribution in [0.4, 0.5) is 21.6 Å². The Kier molecular flexibility index (Phi) is 4.58. The molecule has 2 aromatic carbocycles. The first-order valence-electron chi connectivity index (χ1n) is 8.87. The minimum Gasteiger partial charge on any atom is -0.488 e. The van der Waals surface area contributed by atoms with E-state index in [1.54, 1.807) is 12.1 Å². The van der Waals surface area contributed by atoms with Crippen LogP contribution in [0.15, 0.2) is 36.7 Å². The fourth-order valence-electron chi connectivity index (χ4n) is 2.98. The van der Waals surface area contributed by atoms with Crippen molar-refractivity contribution in [1.29, 1.82) is 0 Å². The molecule has 0 spiro atoms. The zero-order valence-corrected chi connectivity index (χ0v) is 16.5. The molecular weight excluding hydrogens is 379 g/mol. The SMILES string of the molecule is C=S(C)(=O)Nc1cc(C)c2c(Nc3ccc(F)cc3OC3CC3)ncnc2c1. The largest absolute Gasteiger partial charge is 0.488 e. The van der Waals surface area contributed by atoms with Crippen LogP contribution in [0.5, 0.6) is 5.75 Å².